The van der Waals surface area contributed by atoms with Crippen LogP contribution in [-0.4, -0.2) is 64.7 Å². The van der Waals surface area contributed by atoms with E-state index in [0.717, 1.165) is 5.56 Å². The first-order valence-corrected chi connectivity index (χ1v) is 11.3. The Hall–Kier alpha value is -3.38. The summed E-state index contributed by atoms with van der Waals surface area (Å²) in [6.07, 6.45) is 3.39. The molecule has 0 bridgehead atoms. The summed E-state index contributed by atoms with van der Waals surface area (Å²) in [6.45, 7) is 2.69. The van der Waals surface area contributed by atoms with Gasteiger partial charge >= 0.3 is 6.09 Å². The van der Waals surface area contributed by atoms with Crippen molar-refractivity contribution >= 4 is 29.4 Å². The average molecular weight is 469 g/mol. The van der Waals surface area contributed by atoms with Crippen molar-refractivity contribution in [2.75, 3.05) is 37.6 Å². The number of nitrogens with one attached hydrogen (secondary N) is 1. The maximum absolute atomic E-state index is 13.3. The molecule has 10 heteroatoms. The Bertz CT molecular complexity index is 1050. The predicted octanol–water partition coefficient (Wildman–Crippen LogP) is 2.73. The summed E-state index contributed by atoms with van der Waals surface area (Å²) < 4.78 is 0. The molecular formula is C23H25ClN6O3. The molecule has 3 heterocycles. The number of aromatic nitrogens is 2. The largest absolute Gasteiger partial charge is 0.465 e. The van der Waals surface area contributed by atoms with Gasteiger partial charge in [0.15, 0.2) is 5.69 Å². The summed E-state index contributed by atoms with van der Waals surface area (Å²) >= 11 is 6.03. The Morgan fingerprint density at radius 1 is 1.18 bits per heavy atom. The number of rotatable bonds is 5. The first-order valence-electron chi connectivity index (χ1n) is 10.9. The minimum absolute atomic E-state index is 0.00434. The number of amides is 2. The zero-order valence-electron chi connectivity index (χ0n) is 18.0. The van der Waals surface area contributed by atoms with Crippen LogP contribution in [0, 0.1) is 23.2 Å². The minimum Gasteiger partial charge on any atom is -0.465 e. The van der Waals surface area contributed by atoms with Crippen molar-refractivity contribution in [2.24, 2.45) is 11.8 Å². The van der Waals surface area contributed by atoms with Crippen molar-refractivity contribution in [2.45, 2.75) is 18.8 Å². The molecule has 2 aliphatic rings. The first-order chi connectivity index (χ1) is 15.9. The van der Waals surface area contributed by atoms with E-state index in [9.17, 15) is 9.59 Å². The summed E-state index contributed by atoms with van der Waals surface area (Å²) in [5.41, 5.74) is 1.33. The van der Waals surface area contributed by atoms with E-state index in [0.29, 0.717) is 56.4 Å². The molecule has 2 aromatic rings. The summed E-state index contributed by atoms with van der Waals surface area (Å²) in [5.74, 6) is 0.718. The molecule has 0 spiro atoms. The molecule has 172 valence electrons. The van der Waals surface area contributed by atoms with Crippen LogP contribution in [-0.2, 0) is 4.79 Å². The van der Waals surface area contributed by atoms with Gasteiger partial charge in [0.2, 0.25) is 5.91 Å². The number of benzene rings is 1. The molecule has 1 aromatic carbocycles. The quantitative estimate of drug-likeness (QED) is 0.691. The number of nitriles is 1. The van der Waals surface area contributed by atoms with Gasteiger partial charge in [-0.3, -0.25) is 9.78 Å². The minimum atomic E-state index is -1.06. The highest BCUT2D eigenvalue weighted by Crippen LogP contribution is 2.35. The summed E-state index contributed by atoms with van der Waals surface area (Å²) in [7, 11) is 0. The lowest BCUT2D eigenvalue weighted by molar-refractivity contribution is -0.135. The van der Waals surface area contributed by atoms with Crippen molar-refractivity contribution in [1.82, 2.24) is 20.2 Å². The van der Waals surface area contributed by atoms with Gasteiger partial charge in [-0.25, -0.2) is 9.78 Å². The number of carbonyl (C=O) groups is 2. The van der Waals surface area contributed by atoms with Gasteiger partial charge < -0.3 is 20.2 Å². The summed E-state index contributed by atoms with van der Waals surface area (Å²) in [6, 6.07) is 9.54. The Balaban J connectivity index is 1.40. The topological polar surface area (TPSA) is 122 Å². The van der Waals surface area contributed by atoms with Crippen LogP contribution in [0.1, 0.15) is 30.0 Å². The second kappa shape index (κ2) is 10.0. The SMILES string of the molecule is N#Cc1cncc(N2CCC(C(=O)N3C[C@H](CNC(=O)O)[C@H](c4ccc(Cl)cc4)C3)CC2)n1. The second-order valence-corrected chi connectivity index (χ2v) is 8.92. The highest BCUT2D eigenvalue weighted by Gasteiger charge is 2.39. The van der Waals surface area contributed by atoms with Gasteiger partial charge in [0.1, 0.15) is 11.9 Å². The van der Waals surface area contributed by atoms with Gasteiger partial charge in [0.05, 0.1) is 12.4 Å². The third kappa shape index (κ3) is 5.34. The number of piperidine rings is 1. The molecule has 2 amide bonds. The maximum Gasteiger partial charge on any atom is 0.404 e. The highest BCUT2D eigenvalue weighted by atomic mass is 35.5. The van der Waals surface area contributed by atoms with Gasteiger partial charge in [-0.05, 0) is 30.5 Å². The average Bonchev–Trinajstić information content (AvgIpc) is 3.27. The normalized spacial score (nSPS) is 21.0. The van der Waals surface area contributed by atoms with E-state index in [2.05, 4.69) is 20.2 Å². The molecule has 2 atom stereocenters. The molecule has 0 radical (unpaired) electrons. The smallest absolute Gasteiger partial charge is 0.404 e. The zero-order valence-corrected chi connectivity index (χ0v) is 18.8. The molecule has 2 fully saturated rings. The lowest BCUT2D eigenvalue weighted by Crippen LogP contribution is -2.42. The van der Waals surface area contributed by atoms with Crippen molar-refractivity contribution in [1.29, 1.82) is 5.26 Å². The molecular weight excluding hydrogens is 444 g/mol. The van der Waals surface area contributed by atoms with Crippen LogP contribution in [0.5, 0.6) is 0 Å². The number of likely N-dealkylation sites (tertiary alicyclic amines) is 1. The fourth-order valence-corrected chi connectivity index (χ4v) is 4.87. The molecule has 2 N–H and O–H groups in total. The molecule has 0 aliphatic carbocycles. The Labute approximate surface area is 197 Å². The summed E-state index contributed by atoms with van der Waals surface area (Å²) in [5, 5.41) is 21.2. The van der Waals surface area contributed by atoms with Gasteiger partial charge in [-0.2, -0.15) is 5.26 Å². The van der Waals surface area contributed by atoms with Crippen LogP contribution >= 0.6 is 11.6 Å². The van der Waals surface area contributed by atoms with Gasteiger partial charge in [-0.15, -0.1) is 0 Å². The van der Waals surface area contributed by atoms with Crippen molar-refractivity contribution in [3.63, 3.8) is 0 Å². The van der Waals surface area contributed by atoms with Crippen molar-refractivity contribution in [3.05, 3.63) is 52.9 Å². The van der Waals surface area contributed by atoms with Crippen LogP contribution < -0.4 is 10.2 Å². The third-order valence-corrected chi connectivity index (χ3v) is 6.72. The van der Waals surface area contributed by atoms with Crippen molar-refractivity contribution in [3.8, 4) is 6.07 Å². The van der Waals surface area contributed by atoms with Crippen molar-refractivity contribution < 1.29 is 14.7 Å². The number of hydrogen-bond donors (Lipinski definition) is 2. The van der Waals surface area contributed by atoms with Crippen LogP contribution in [0.15, 0.2) is 36.7 Å². The number of carbonyl (C=O) groups excluding carboxylic acids is 1. The Morgan fingerprint density at radius 3 is 2.58 bits per heavy atom. The van der Waals surface area contributed by atoms with E-state index in [1.165, 1.54) is 6.20 Å². The molecule has 33 heavy (non-hydrogen) atoms. The number of nitrogens with zero attached hydrogens (tertiary/aromatic N) is 5. The van der Waals surface area contributed by atoms with Crippen LogP contribution in [0.2, 0.25) is 5.02 Å². The summed E-state index contributed by atoms with van der Waals surface area (Å²) in [4.78, 5) is 36.7. The number of carboxylic acid groups (broad SMARTS) is 1. The molecule has 4 rings (SSSR count). The lowest BCUT2D eigenvalue weighted by atomic mass is 9.89. The Morgan fingerprint density at radius 2 is 1.91 bits per heavy atom. The van der Waals surface area contributed by atoms with E-state index in [4.69, 9.17) is 22.0 Å². The predicted molar refractivity (Wildman–Crippen MR) is 122 cm³/mol. The van der Waals surface area contributed by atoms with Crippen LogP contribution in [0.4, 0.5) is 10.6 Å². The Kier molecular flexibility index (Phi) is 6.94. The van der Waals surface area contributed by atoms with E-state index >= 15 is 0 Å². The van der Waals surface area contributed by atoms with Gasteiger partial charge in [-0.1, -0.05) is 23.7 Å². The van der Waals surface area contributed by atoms with Crippen LogP contribution in [0.3, 0.4) is 0 Å². The van der Waals surface area contributed by atoms with E-state index < -0.39 is 6.09 Å². The fraction of sp³-hybridized carbons (Fsp3) is 0.435. The maximum atomic E-state index is 13.3. The van der Waals surface area contributed by atoms with Gasteiger partial charge in [0, 0.05) is 55.5 Å². The number of anilines is 1. The van der Waals surface area contributed by atoms with Crippen LogP contribution in [0.25, 0.3) is 0 Å². The molecule has 2 saturated heterocycles. The van der Waals surface area contributed by atoms with Gasteiger partial charge in [0.25, 0.3) is 0 Å². The molecule has 1 aromatic heterocycles. The number of halogens is 1. The fourth-order valence-electron chi connectivity index (χ4n) is 4.74. The second-order valence-electron chi connectivity index (χ2n) is 8.48. The lowest BCUT2D eigenvalue weighted by Gasteiger charge is -2.33. The standard InChI is InChI=1S/C23H25ClN6O3/c24-18-3-1-15(2-4-18)20-14-30(13-17(20)10-27-23(32)33)22(31)16-5-7-29(8-6-16)21-12-26-11-19(9-25)28-21/h1-4,11-12,16-17,20,27H,5-8,10,13-14H2,(H,32,33)/t17-,20-/m0/s1. The highest BCUT2D eigenvalue weighted by molar-refractivity contribution is 6.30. The third-order valence-electron chi connectivity index (χ3n) is 6.47. The van der Waals surface area contributed by atoms with E-state index in [-0.39, 0.29) is 29.4 Å². The molecule has 0 unspecified atom stereocenters. The first kappa shape index (κ1) is 22.8. The monoisotopic (exact) mass is 468 g/mol. The van der Waals surface area contributed by atoms with E-state index in [1.807, 2.05) is 35.2 Å². The molecule has 9 nitrogen and oxygen atoms in total. The zero-order chi connectivity index (χ0) is 23.4. The molecule has 2 aliphatic heterocycles. The number of hydrogen-bond acceptors (Lipinski definition) is 6. The van der Waals surface area contributed by atoms with E-state index in [1.54, 1.807) is 6.20 Å². The molecule has 0 saturated carbocycles.